The molecule has 0 bridgehead atoms. The van der Waals surface area contributed by atoms with Gasteiger partial charge in [-0.2, -0.15) is 0 Å². The van der Waals surface area contributed by atoms with Crippen molar-refractivity contribution >= 4 is 5.91 Å². The molecule has 1 saturated heterocycles. The number of hydrogen-bond donors (Lipinski definition) is 0. The average molecular weight is 282 g/mol. The molecule has 0 spiro atoms. The Kier molecular flexibility index (Phi) is 4.15. The van der Waals surface area contributed by atoms with Crippen molar-refractivity contribution in [3.05, 3.63) is 60.4 Å². The summed E-state index contributed by atoms with van der Waals surface area (Å²) in [7, 11) is 0. The van der Waals surface area contributed by atoms with Crippen LogP contribution in [0.15, 0.2) is 54.9 Å². The third-order valence-electron chi connectivity index (χ3n) is 3.77. The zero-order valence-corrected chi connectivity index (χ0v) is 11.8. The van der Waals surface area contributed by atoms with Gasteiger partial charge in [0.2, 0.25) is 0 Å². The van der Waals surface area contributed by atoms with Crippen LogP contribution in [0.2, 0.25) is 0 Å². The Hall–Kier alpha value is -2.36. The quantitative estimate of drug-likeness (QED) is 0.866. The number of rotatable bonds is 4. The molecule has 4 heteroatoms. The number of likely N-dealkylation sites (tertiary alicyclic amines) is 1. The van der Waals surface area contributed by atoms with Crippen molar-refractivity contribution in [2.75, 3.05) is 13.2 Å². The fourth-order valence-corrected chi connectivity index (χ4v) is 2.74. The molecule has 108 valence electrons. The maximum atomic E-state index is 12.4. The number of ether oxygens (including phenoxy) is 1. The second-order valence-electron chi connectivity index (χ2n) is 5.13. The molecule has 0 aliphatic carbocycles. The van der Waals surface area contributed by atoms with Crippen molar-refractivity contribution in [3.8, 4) is 5.75 Å². The van der Waals surface area contributed by atoms with Gasteiger partial charge in [-0.05, 0) is 42.7 Å². The minimum atomic E-state index is 0.0400. The predicted octanol–water partition coefficient (Wildman–Crippen LogP) is 2.82. The summed E-state index contributed by atoms with van der Waals surface area (Å²) >= 11 is 0. The summed E-state index contributed by atoms with van der Waals surface area (Å²) in [6.45, 7) is 0.884. The first kappa shape index (κ1) is 13.6. The lowest BCUT2D eigenvalue weighted by Gasteiger charge is -2.25. The van der Waals surface area contributed by atoms with Gasteiger partial charge >= 0.3 is 0 Å². The van der Waals surface area contributed by atoms with E-state index >= 15 is 0 Å². The number of nitrogens with zero attached hydrogens (tertiary/aromatic N) is 2. The molecule has 3 rings (SSSR count). The number of pyridine rings is 1. The van der Waals surface area contributed by atoms with E-state index in [1.54, 1.807) is 12.4 Å². The molecule has 1 fully saturated rings. The number of carbonyl (C=O) groups excluding carboxylic acids is 1. The minimum Gasteiger partial charge on any atom is -0.484 e. The van der Waals surface area contributed by atoms with Gasteiger partial charge in [0.15, 0.2) is 6.61 Å². The van der Waals surface area contributed by atoms with Crippen LogP contribution in [-0.2, 0) is 4.79 Å². The highest BCUT2D eigenvalue weighted by Crippen LogP contribution is 2.31. The van der Waals surface area contributed by atoms with Crippen LogP contribution in [0.3, 0.4) is 0 Å². The van der Waals surface area contributed by atoms with Crippen molar-refractivity contribution < 1.29 is 9.53 Å². The molecule has 21 heavy (non-hydrogen) atoms. The molecule has 1 aromatic heterocycles. The van der Waals surface area contributed by atoms with Crippen LogP contribution >= 0.6 is 0 Å². The normalized spacial score (nSPS) is 17.7. The first-order valence-corrected chi connectivity index (χ1v) is 7.22. The highest BCUT2D eigenvalue weighted by molar-refractivity contribution is 5.78. The van der Waals surface area contributed by atoms with Gasteiger partial charge in [0.25, 0.3) is 5.91 Å². The van der Waals surface area contributed by atoms with Crippen molar-refractivity contribution in [2.24, 2.45) is 0 Å². The lowest BCUT2D eigenvalue weighted by atomic mass is 10.1. The van der Waals surface area contributed by atoms with Gasteiger partial charge in [0.05, 0.1) is 6.04 Å². The summed E-state index contributed by atoms with van der Waals surface area (Å²) in [5.74, 6) is 0.767. The lowest BCUT2D eigenvalue weighted by Crippen LogP contribution is -2.34. The van der Waals surface area contributed by atoms with Gasteiger partial charge in [-0.3, -0.25) is 9.78 Å². The molecular formula is C17H18N2O2. The van der Waals surface area contributed by atoms with Gasteiger partial charge in [-0.25, -0.2) is 0 Å². The van der Waals surface area contributed by atoms with Crippen molar-refractivity contribution in [2.45, 2.75) is 18.9 Å². The van der Waals surface area contributed by atoms with Crippen LogP contribution in [0.5, 0.6) is 5.75 Å². The first-order chi connectivity index (χ1) is 10.3. The number of hydrogen-bond acceptors (Lipinski definition) is 3. The van der Waals surface area contributed by atoms with Crippen LogP contribution in [0, 0.1) is 0 Å². The minimum absolute atomic E-state index is 0.0400. The van der Waals surface area contributed by atoms with Gasteiger partial charge in [-0.1, -0.05) is 18.2 Å². The third kappa shape index (κ3) is 3.21. The van der Waals surface area contributed by atoms with E-state index in [9.17, 15) is 4.79 Å². The van der Waals surface area contributed by atoms with Crippen molar-refractivity contribution in [3.63, 3.8) is 0 Å². The highest BCUT2D eigenvalue weighted by atomic mass is 16.5. The molecule has 1 atom stereocenters. The van der Waals surface area contributed by atoms with E-state index in [1.807, 2.05) is 47.4 Å². The Bertz CT molecular complexity index is 586. The van der Waals surface area contributed by atoms with Crippen LogP contribution in [-0.4, -0.2) is 28.9 Å². The zero-order valence-electron chi connectivity index (χ0n) is 11.8. The Morgan fingerprint density at radius 3 is 2.71 bits per heavy atom. The second kappa shape index (κ2) is 6.39. The summed E-state index contributed by atoms with van der Waals surface area (Å²) in [6.07, 6.45) is 5.58. The lowest BCUT2D eigenvalue weighted by molar-refractivity contribution is -0.134. The number of carbonyl (C=O) groups is 1. The van der Waals surface area contributed by atoms with Crippen LogP contribution in [0.4, 0.5) is 0 Å². The smallest absolute Gasteiger partial charge is 0.261 e. The molecule has 2 heterocycles. The average Bonchev–Trinajstić information content (AvgIpc) is 3.04. The fourth-order valence-electron chi connectivity index (χ4n) is 2.74. The standard InChI is InChI=1S/C17H18N2O2/c20-17(13-21-15-5-2-1-3-6-15)19-12-4-7-16(19)14-8-10-18-11-9-14/h1-3,5-6,8-11,16H,4,7,12-13H2/t16-/m0/s1. The van der Waals surface area contributed by atoms with Gasteiger partial charge < -0.3 is 9.64 Å². The summed E-state index contributed by atoms with van der Waals surface area (Å²) in [5.41, 5.74) is 1.15. The SMILES string of the molecule is O=C(COc1ccccc1)N1CCC[C@H]1c1ccncc1. The summed E-state index contributed by atoms with van der Waals surface area (Å²) in [5, 5.41) is 0. The number of para-hydroxylation sites is 1. The Labute approximate surface area is 124 Å². The molecule has 1 aromatic carbocycles. The Balaban J connectivity index is 1.64. The molecule has 1 aliphatic heterocycles. The monoisotopic (exact) mass is 282 g/mol. The van der Waals surface area contributed by atoms with Crippen molar-refractivity contribution in [1.82, 2.24) is 9.88 Å². The largest absolute Gasteiger partial charge is 0.484 e. The first-order valence-electron chi connectivity index (χ1n) is 7.22. The van der Waals surface area contributed by atoms with E-state index in [1.165, 1.54) is 0 Å². The summed E-state index contributed by atoms with van der Waals surface area (Å²) < 4.78 is 5.56. The molecule has 0 saturated carbocycles. The second-order valence-corrected chi connectivity index (χ2v) is 5.13. The number of amides is 1. The van der Waals surface area contributed by atoms with E-state index in [-0.39, 0.29) is 18.6 Å². The molecule has 2 aromatic rings. The van der Waals surface area contributed by atoms with Gasteiger partial charge in [0.1, 0.15) is 5.75 Å². The summed E-state index contributed by atoms with van der Waals surface area (Å²) in [6, 6.07) is 13.6. The van der Waals surface area contributed by atoms with Gasteiger partial charge in [-0.15, -0.1) is 0 Å². The van der Waals surface area contributed by atoms with Gasteiger partial charge in [0, 0.05) is 18.9 Å². The number of aromatic nitrogens is 1. The molecular weight excluding hydrogens is 264 g/mol. The maximum absolute atomic E-state index is 12.4. The molecule has 1 amide bonds. The van der Waals surface area contributed by atoms with E-state index < -0.39 is 0 Å². The molecule has 4 nitrogen and oxygen atoms in total. The summed E-state index contributed by atoms with van der Waals surface area (Å²) in [4.78, 5) is 18.3. The molecule has 0 unspecified atom stereocenters. The Morgan fingerprint density at radius 1 is 1.19 bits per heavy atom. The topological polar surface area (TPSA) is 42.4 Å². The van der Waals surface area contributed by atoms with Crippen LogP contribution in [0.1, 0.15) is 24.4 Å². The highest BCUT2D eigenvalue weighted by Gasteiger charge is 2.29. The van der Waals surface area contributed by atoms with E-state index in [4.69, 9.17) is 4.74 Å². The Morgan fingerprint density at radius 2 is 1.95 bits per heavy atom. The van der Waals surface area contributed by atoms with Crippen LogP contribution < -0.4 is 4.74 Å². The fraction of sp³-hybridized carbons (Fsp3) is 0.294. The third-order valence-corrected chi connectivity index (χ3v) is 3.77. The van der Waals surface area contributed by atoms with Crippen LogP contribution in [0.25, 0.3) is 0 Å². The van der Waals surface area contributed by atoms with E-state index in [0.29, 0.717) is 0 Å². The number of benzene rings is 1. The molecule has 1 aliphatic rings. The van der Waals surface area contributed by atoms with Crippen molar-refractivity contribution in [1.29, 1.82) is 0 Å². The van der Waals surface area contributed by atoms with E-state index in [0.717, 1.165) is 30.7 Å². The predicted molar refractivity (Wildman–Crippen MR) is 79.9 cm³/mol. The zero-order chi connectivity index (χ0) is 14.5. The molecule has 0 N–H and O–H groups in total. The van der Waals surface area contributed by atoms with E-state index in [2.05, 4.69) is 4.98 Å². The molecule has 0 radical (unpaired) electrons. The maximum Gasteiger partial charge on any atom is 0.261 e.